The lowest BCUT2D eigenvalue weighted by molar-refractivity contribution is -0.0449. The molecule has 2 aliphatic heterocycles. The van der Waals surface area contributed by atoms with E-state index in [0.29, 0.717) is 13.2 Å². The van der Waals surface area contributed by atoms with Crippen LogP contribution >= 0.6 is 0 Å². The predicted molar refractivity (Wildman–Crippen MR) is 93.3 cm³/mol. The summed E-state index contributed by atoms with van der Waals surface area (Å²) in [5, 5.41) is 3.39. The number of carbonyl (C=O) groups is 1. The fourth-order valence-corrected chi connectivity index (χ4v) is 3.92. The lowest BCUT2D eigenvalue weighted by Crippen LogP contribution is -2.50. The number of aryl methyl sites for hydroxylation is 1. The van der Waals surface area contributed by atoms with E-state index in [4.69, 9.17) is 4.74 Å². The number of aromatic nitrogens is 3. The first-order valence-corrected chi connectivity index (χ1v) is 8.72. The Kier molecular flexibility index (Phi) is 4.17. The van der Waals surface area contributed by atoms with Crippen molar-refractivity contribution in [3.63, 3.8) is 0 Å². The van der Waals surface area contributed by atoms with E-state index in [1.807, 2.05) is 34.8 Å². The van der Waals surface area contributed by atoms with Crippen LogP contribution in [0.4, 0.5) is 5.82 Å². The smallest absolute Gasteiger partial charge is 0.270 e. The Morgan fingerprint density at radius 2 is 2.36 bits per heavy atom. The Labute approximate surface area is 147 Å². The number of nitrogens with zero attached hydrogens (tertiary/aromatic N) is 4. The van der Waals surface area contributed by atoms with Crippen molar-refractivity contribution < 1.29 is 9.53 Å². The van der Waals surface area contributed by atoms with E-state index in [1.54, 1.807) is 18.6 Å². The largest absolute Gasteiger partial charge is 0.371 e. The van der Waals surface area contributed by atoms with Crippen molar-refractivity contribution in [1.82, 2.24) is 19.4 Å². The number of piperidine rings is 1. The fraction of sp³-hybridized carbons (Fsp3) is 0.500. The summed E-state index contributed by atoms with van der Waals surface area (Å²) in [4.78, 5) is 23.1. The molecule has 2 aliphatic rings. The molecule has 132 valence electrons. The van der Waals surface area contributed by atoms with Crippen LogP contribution in [0.3, 0.4) is 0 Å². The van der Waals surface area contributed by atoms with E-state index >= 15 is 0 Å². The molecule has 25 heavy (non-hydrogen) atoms. The molecule has 0 aliphatic carbocycles. The van der Waals surface area contributed by atoms with Crippen molar-refractivity contribution in [3.8, 4) is 0 Å². The highest BCUT2D eigenvalue weighted by Gasteiger charge is 2.44. The molecule has 2 aromatic rings. The summed E-state index contributed by atoms with van der Waals surface area (Å²) in [6.07, 6.45) is 9.79. The van der Waals surface area contributed by atoms with Crippen LogP contribution in [0.2, 0.25) is 0 Å². The quantitative estimate of drug-likeness (QED) is 0.920. The second kappa shape index (κ2) is 6.48. The maximum absolute atomic E-state index is 12.8. The maximum atomic E-state index is 12.8. The summed E-state index contributed by atoms with van der Waals surface area (Å²) in [5.41, 5.74) is 0.475. The number of anilines is 1. The first-order chi connectivity index (χ1) is 12.2. The van der Waals surface area contributed by atoms with Crippen molar-refractivity contribution in [2.75, 3.05) is 25.0 Å². The highest BCUT2D eigenvalue weighted by Crippen LogP contribution is 2.36. The molecule has 7 nitrogen and oxygen atoms in total. The van der Waals surface area contributed by atoms with Gasteiger partial charge in [-0.1, -0.05) is 0 Å². The summed E-state index contributed by atoms with van der Waals surface area (Å²) in [6.45, 7) is 2.07. The predicted octanol–water partition coefficient (Wildman–Crippen LogP) is 1.69. The Hall–Kier alpha value is -2.41. The van der Waals surface area contributed by atoms with Crippen LogP contribution in [0, 0.1) is 0 Å². The standard InChI is InChI=1S/C18H23N5O2/c1-22-8-2-4-15(22)17(24)23-9-3-5-18(13-23)10-14(12-25-18)21-16-11-19-6-7-20-16/h2,4,6-8,11,14H,3,5,9-10,12-13H2,1H3,(H,20,21)/t14-,18+/m1/s1. The average molecular weight is 341 g/mol. The monoisotopic (exact) mass is 341 g/mol. The van der Waals surface area contributed by atoms with Gasteiger partial charge < -0.3 is 19.5 Å². The van der Waals surface area contributed by atoms with Crippen LogP contribution in [0.1, 0.15) is 29.8 Å². The van der Waals surface area contributed by atoms with Gasteiger partial charge >= 0.3 is 0 Å². The molecule has 0 saturated carbocycles. The highest BCUT2D eigenvalue weighted by atomic mass is 16.5. The van der Waals surface area contributed by atoms with Gasteiger partial charge in [0.1, 0.15) is 11.5 Å². The van der Waals surface area contributed by atoms with Gasteiger partial charge in [0.05, 0.1) is 31.0 Å². The summed E-state index contributed by atoms with van der Waals surface area (Å²) < 4.78 is 8.06. The number of amides is 1. The maximum Gasteiger partial charge on any atom is 0.270 e. The van der Waals surface area contributed by atoms with Gasteiger partial charge in [-0.25, -0.2) is 4.98 Å². The topological polar surface area (TPSA) is 72.3 Å². The van der Waals surface area contributed by atoms with Crippen LogP contribution in [0.25, 0.3) is 0 Å². The Balaban J connectivity index is 1.42. The lowest BCUT2D eigenvalue weighted by atomic mass is 9.88. The second-order valence-corrected chi connectivity index (χ2v) is 6.96. The van der Waals surface area contributed by atoms with Crippen LogP contribution in [-0.4, -0.2) is 56.7 Å². The van der Waals surface area contributed by atoms with E-state index in [1.165, 1.54) is 0 Å². The molecular weight excluding hydrogens is 318 g/mol. The number of ether oxygens (including phenoxy) is 1. The third kappa shape index (κ3) is 3.24. The van der Waals surface area contributed by atoms with Gasteiger partial charge in [-0.15, -0.1) is 0 Å². The van der Waals surface area contributed by atoms with Gasteiger partial charge in [-0.2, -0.15) is 0 Å². The first kappa shape index (κ1) is 16.1. The normalized spacial score (nSPS) is 26.1. The molecule has 0 radical (unpaired) electrons. The molecule has 1 N–H and O–H groups in total. The van der Waals surface area contributed by atoms with E-state index in [-0.39, 0.29) is 17.6 Å². The average Bonchev–Trinajstić information content (AvgIpc) is 3.22. The van der Waals surface area contributed by atoms with Gasteiger partial charge in [-0.3, -0.25) is 9.78 Å². The number of carbonyl (C=O) groups excluding carboxylic acids is 1. The lowest BCUT2D eigenvalue weighted by Gasteiger charge is -2.39. The van der Waals surface area contributed by atoms with E-state index < -0.39 is 0 Å². The summed E-state index contributed by atoms with van der Waals surface area (Å²) in [6, 6.07) is 3.97. The summed E-state index contributed by atoms with van der Waals surface area (Å²) in [7, 11) is 1.90. The third-order valence-corrected chi connectivity index (χ3v) is 5.11. The molecule has 2 atom stereocenters. The van der Waals surface area contributed by atoms with E-state index in [9.17, 15) is 4.79 Å². The SMILES string of the molecule is Cn1cccc1C(=O)N1CCC[C@]2(C[C@@H](Nc3cnccn3)CO2)C1. The molecule has 4 heterocycles. The summed E-state index contributed by atoms with van der Waals surface area (Å²) >= 11 is 0. The van der Waals surface area contributed by atoms with Crippen LogP contribution < -0.4 is 5.32 Å². The van der Waals surface area contributed by atoms with Gasteiger partial charge in [-0.05, 0) is 25.0 Å². The van der Waals surface area contributed by atoms with E-state index in [0.717, 1.165) is 37.3 Å². The van der Waals surface area contributed by atoms with Crippen LogP contribution in [-0.2, 0) is 11.8 Å². The van der Waals surface area contributed by atoms with Crippen LogP contribution in [0.5, 0.6) is 0 Å². The van der Waals surface area contributed by atoms with Gasteiger partial charge in [0, 0.05) is 38.6 Å². The Bertz CT molecular complexity index is 747. The fourth-order valence-electron chi connectivity index (χ4n) is 3.92. The third-order valence-electron chi connectivity index (χ3n) is 5.11. The molecule has 0 unspecified atom stereocenters. The first-order valence-electron chi connectivity index (χ1n) is 8.72. The molecule has 7 heteroatoms. The summed E-state index contributed by atoms with van der Waals surface area (Å²) in [5.74, 6) is 0.848. The van der Waals surface area contributed by atoms with Crippen molar-refractivity contribution >= 4 is 11.7 Å². The molecule has 1 spiro atoms. The highest BCUT2D eigenvalue weighted by molar-refractivity contribution is 5.92. The number of hydrogen-bond acceptors (Lipinski definition) is 5. The minimum atomic E-state index is -0.251. The van der Waals surface area contributed by atoms with Crippen molar-refractivity contribution in [2.24, 2.45) is 7.05 Å². The minimum absolute atomic E-state index is 0.0838. The molecule has 4 rings (SSSR count). The van der Waals surface area contributed by atoms with Crippen molar-refractivity contribution in [3.05, 3.63) is 42.6 Å². The molecule has 2 aromatic heterocycles. The molecule has 0 bridgehead atoms. The van der Waals surface area contributed by atoms with Gasteiger partial charge in [0.2, 0.25) is 0 Å². The zero-order chi connectivity index (χ0) is 17.3. The minimum Gasteiger partial charge on any atom is -0.371 e. The second-order valence-electron chi connectivity index (χ2n) is 6.96. The molecule has 2 fully saturated rings. The van der Waals surface area contributed by atoms with E-state index in [2.05, 4.69) is 15.3 Å². The molecule has 2 saturated heterocycles. The Morgan fingerprint density at radius 3 is 3.12 bits per heavy atom. The number of hydrogen-bond donors (Lipinski definition) is 1. The zero-order valence-electron chi connectivity index (χ0n) is 14.4. The van der Waals surface area contributed by atoms with Gasteiger partial charge in [0.25, 0.3) is 5.91 Å². The number of nitrogens with one attached hydrogen (secondary N) is 1. The van der Waals surface area contributed by atoms with Crippen molar-refractivity contribution in [1.29, 1.82) is 0 Å². The van der Waals surface area contributed by atoms with Gasteiger partial charge in [0.15, 0.2) is 0 Å². The number of likely N-dealkylation sites (tertiary alicyclic amines) is 1. The molecule has 0 aromatic carbocycles. The Morgan fingerprint density at radius 1 is 1.44 bits per heavy atom. The molecule has 1 amide bonds. The van der Waals surface area contributed by atoms with Crippen LogP contribution in [0.15, 0.2) is 36.9 Å². The zero-order valence-corrected chi connectivity index (χ0v) is 14.4. The number of rotatable bonds is 3. The van der Waals surface area contributed by atoms with Crippen molar-refractivity contribution in [2.45, 2.75) is 30.9 Å². The molecular formula is C18H23N5O2.